The Morgan fingerprint density at radius 3 is 3.00 bits per heavy atom. The van der Waals surface area contributed by atoms with Crippen molar-refractivity contribution in [3.63, 3.8) is 0 Å². The van der Waals surface area contributed by atoms with Crippen molar-refractivity contribution >= 4 is 21.6 Å². The molecule has 1 aromatic rings. The number of hydrogen-bond acceptors (Lipinski definition) is 4. The van der Waals surface area contributed by atoms with Crippen LogP contribution < -0.4 is 16.2 Å². The van der Waals surface area contributed by atoms with Gasteiger partial charge in [0.15, 0.2) is 0 Å². The summed E-state index contributed by atoms with van der Waals surface area (Å²) in [7, 11) is 0. The summed E-state index contributed by atoms with van der Waals surface area (Å²) in [6, 6.07) is 0.703. The van der Waals surface area contributed by atoms with E-state index in [-0.39, 0.29) is 5.56 Å². The fourth-order valence-corrected chi connectivity index (χ4v) is 2.05. The van der Waals surface area contributed by atoms with Crippen LogP contribution in [0.3, 0.4) is 0 Å². The van der Waals surface area contributed by atoms with Crippen LogP contribution in [0.4, 0.5) is 5.69 Å². The Morgan fingerprint density at radius 2 is 2.33 bits per heavy atom. The molecule has 18 heavy (non-hydrogen) atoms. The summed E-state index contributed by atoms with van der Waals surface area (Å²) in [4.78, 5) is 11.9. The molecule has 1 saturated carbocycles. The Bertz CT molecular complexity index is 481. The van der Waals surface area contributed by atoms with Gasteiger partial charge >= 0.3 is 0 Å². The number of allylic oxidation sites excluding steroid dienone is 1. The van der Waals surface area contributed by atoms with Crippen molar-refractivity contribution in [2.45, 2.75) is 25.4 Å². The first-order valence-electron chi connectivity index (χ1n) is 6.06. The van der Waals surface area contributed by atoms with E-state index in [0.717, 1.165) is 18.8 Å². The number of aromatic nitrogens is 2. The van der Waals surface area contributed by atoms with E-state index in [1.165, 1.54) is 17.5 Å². The Kier molecular flexibility index (Phi) is 4.54. The number of anilines is 1. The molecule has 0 unspecified atom stereocenters. The summed E-state index contributed by atoms with van der Waals surface area (Å²) in [6.07, 6.45) is 5.87. The summed E-state index contributed by atoms with van der Waals surface area (Å²) in [5, 5.41) is 10.7. The van der Waals surface area contributed by atoms with Crippen LogP contribution >= 0.6 is 15.9 Å². The Balaban J connectivity index is 1.92. The Hall–Kier alpha value is -1.14. The van der Waals surface area contributed by atoms with E-state index in [1.54, 1.807) is 12.3 Å². The number of nitrogens with one attached hydrogen (secondary N) is 2. The highest BCUT2D eigenvalue weighted by molar-refractivity contribution is 9.10. The molecule has 0 atom stereocenters. The van der Waals surface area contributed by atoms with Crippen molar-refractivity contribution < 1.29 is 0 Å². The molecule has 0 aromatic carbocycles. The van der Waals surface area contributed by atoms with Crippen molar-refractivity contribution in [3.05, 3.63) is 33.7 Å². The fourth-order valence-electron chi connectivity index (χ4n) is 1.60. The predicted octanol–water partition coefficient (Wildman–Crippen LogP) is 1.36. The minimum atomic E-state index is -0.143. The monoisotopic (exact) mass is 312 g/mol. The molecule has 1 heterocycles. The van der Waals surface area contributed by atoms with Crippen LogP contribution in [0.5, 0.6) is 0 Å². The van der Waals surface area contributed by atoms with Gasteiger partial charge in [0, 0.05) is 19.1 Å². The van der Waals surface area contributed by atoms with Crippen LogP contribution in [0.1, 0.15) is 12.8 Å². The lowest BCUT2D eigenvalue weighted by atomic mass is 10.4. The molecule has 1 aromatic heterocycles. The van der Waals surface area contributed by atoms with Gasteiger partial charge in [-0.15, -0.1) is 6.58 Å². The van der Waals surface area contributed by atoms with Crippen LogP contribution in [0.25, 0.3) is 0 Å². The molecule has 0 spiro atoms. The molecule has 1 aliphatic rings. The van der Waals surface area contributed by atoms with E-state index in [4.69, 9.17) is 0 Å². The zero-order valence-electron chi connectivity index (χ0n) is 10.2. The third-order valence-electron chi connectivity index (χ3n) is 2.74. The van der Waals surface area contributed by atoms with Gasteiger partial charge in [-0.3, -0.25) is 4.79 Å². The molecule has 0 bridgehead atoms. The van der Waals surface area contributed by atoms with Crippen molar-refractivity contribution in [2.75, 3.05) is 18.4 Å². The maximum Gasteiger partial charge on any atom is 0.283 e. The van der Waals surface area contributed by atoms with Gasteiger partial charge < -0.3 is 10.6 Å². The Morgan fingerprint density at radius 1 is 1.56 bits per heavy atom. The highest BCUT2D eigenvalue weighted by atomic mass is 79.9. The molecule has 0 amide bonds. The summed E-state index contributed by atoms with van der Waals surface area (Å²) in [5.41, 5.74) is 0.591. The topological polar surface area (TPSA) is 59.0 Å². The zero-order valence-corrected chi connectivity index (χ0v) is 11.7. The van der Waals surface area contributed by atoms with Gasteiger partial charge in [-0.25, -0.2) is 4.68 Å². The second-order valence-corrected chi connectivity index (χ2v) is 5.10. The second kappa shape index (κ2) is 6.15. The standard InChI is InChI=1S/C12H17BrN4O/c1-2-7-17-12(18)11(13)10(8-16-17)15-6-5-14-9-3-4-9/h2,8-9,14-15H,1,3-7H2. The highest BCUT2D eigenvalue weighted by Crippen LogP contribution is 2.18. The molecule has 1 aliphatic carbocycles. The van der Waals surface area contributed by atoms with E-state index in [0.29, 0.717) is 17.1 Å². The number of hydrogen-bond donors (Lipinski definition) is 2. The molecule has 2 rings (SSSR count). The molecular formula is C12H17BrN4O. The lowest BCUT2D eigenvalue weighted by Gasteiger charge is -2.09. The average molecular weight is 313 g/mol. The third-order valence-corrected chi connectivity index (χ3v) is 3.50. The van der Waals surface area contributed by atoms with Gasteiger partial charge in [-0.05, 0) is 28.8 Å². The van der Waals surface area contributed by atoms with Gasteiger partial charge in [0.1, 0.15) is 4.47 Å². The van der Waals surface area contributed by atoms with Gasteiger partial charge in [0.2, 0.25) is 0 Å². The molecule has 0 radical (unpaired) electrons. The lowest BCUT2D eigenvalue weighted by Crippen LogP contribution is -2.27. The molecule has 2 N–H and O–H groups in total. The maximum absolute atomic E-state index is 11.9. The van der Waals surface area contributed by atoms with E-state index >= 15 is 0 Å². The predicted molar refractivity (Wildman–Crippen MR) is 75.9 cm³/mol. The third kappa shape index (κ3) is 3.43. The molecule has 98 valence electrons. The first-order valence-corrected chi connectivity index (χ1v) is 6.85. The smallest absolute Gasteiger partial charge is 0.283 e. The first-order chi connectivity index (χ1) is 8.72. The summed E-state index contributed by atoms with van der Waals surface area (Å²) in [6.45, 7) is 5.69. The van der Waals surface area contributed by atoms with Crippen molar-refractivity contribution in [1.29, 1.82) is 0 Å². The van der Waals surface area contributed by atoms with E-state index in [9.17, 15) is 4.79 Å². The van der Waals surface area contributed by atoms with E-state index in [1.807, 2.05) is 0 Å². The van der Waals surface area contributed by atoms with E-state index in [2.05, 4.69) is 38.2 Å². The molecular weight excluding hydrogens is 296 g/mol. The molecule has 0 aliphatic heterocycles. The van der Waals surface area contributed by atoms with Crippen LogP contribution in [-0.4, -0.2) is 28.9 Å². The second-order valence-electron chi connectivity index (χ2n) is 4.30. The van der Waals surface area contributed by atoms with Crippen molar-refractivity contribution in [1.82, 2.24) is 15.1 Å². The molecule has 1 fully saturated rings. The van der Waals surface area contributed by atoms with Crippen molar-refractivity contribution in [3.8, 4) is 0 Å². The van der Waals surface area contributed by atoms with Crippen LogP contribution in [-0.2, 0) is 6.54 Å². The maximum atomic E-state index is 11.9. The summed E-state index contributed by atoms with van der Waals surface area (Å²) < 4.78 is 1.89. The lowest BCUT2D eigenvalue weighted by molar-refractivity contribution is 0.647. The van der Waals surface area contributed by atoms with Crippen LogP contribution in [0.15, 0.2) is 28.1 Å². The zero-order chi connectivity index (χ0) is 13.0. The molecule has 6 heteroatoms. The number of rotatable bonds is 7. The summed E-state index contributed by atoms with van der Waals surface area (Å²) >= 11 is 3.30. The van der Waals surface area contributed by atoms with Gasteiger partial charge in [0.25, 0.3) is 5.56 Å². The van der Waals surface area contributed by atoms with E-state index < -0.39 is 0 Å². The largest absolute Gasteiger partial charge is 0.381 e. The van der Waals surface area contributed by atoms with Crippen LogP contribution in [0.2, 0.25) is 0 Å². The SMILES string of the molecule is C=CCn1ncc(NCCNC2CC2)c(Br)c1=O. The fraction of sp³-hybridized carbons (Fsp3) is 0.500. The van der Waals surface area contributed by atoms with Crippen molar-refractivity contribution in [2.24, 2.45) is 0 Å². The quantitative estimate of drug-likeness (QED) is 0.589. The number of halogens is 1. The normalized spacial score (nSPS) is 14.5. The number of nitrogens with zero attached hydrogens (tertiary/aromatic N) is 2. The molecule has 0 saturated heterocycles. The minimum absolute atomic E-state index is 0.143. The van der Waals surface area contributed by atoms with Gasteiger partial charge in [0.05, 0.1) is 18.4 Å². The minimum Gasteiger partial charge on any atom is -0.381 e. The average Bonchev–Trinajstić information content (AvgIpc) is 3.17. The van der Waals surface area contributed by atoms with Crippen LogP contribution in [0, 0.1) is 0 Å². The van der Waals surface area contributed by atoms with Gasteiger partial charge in [-0.1, -0.05) is 6.08 Å². The Labute approximate surface area is 114 Å². The molecule has 5 nitrogen and oxygen atoms in total. The first kappa shape index (κ1) is 13.3. The van der Waals surface area contributed by atoms with Gasteiger partial charge in [-0.2, -0.15) is 5.10 Å². The summed E-state index contributed by atoms with van der Waals surface area (Å²) in [5.74, 6) is 0. The highest BCUT2D eigenvalue weighted by Gasteiger charge is 2.19.